The fourth-order valence-corrected chi connectivity index (χ4v) is 3.04. The summed E-state index contributed by atoms with van der Waals surface area (Å²) in [6.07, 6.45) is 1.41. The van der Waals surface area contributed by atoms with E-state index in [9.17, 15) is 9.59 Å². The lowest BCUT2D eigenvalue weighted by Crippen LogP contribution is -2.46. The molecule has 0 bridgehead atoms. The maximum absolute atomic E-state index is 12.0. The molecule has 2 heterocycles. The molecule has 2 N–H and O–H groups in total. The lowest BCUT2D eigenvalue weighted by atomic mass is 9.99. The van der Waals surface area contributed by atoms with Gasteiger partial charge in [-0.1, -0.05) is 0 Å². The van der Waals surface area contributed by atoms with Gasteiger partial charge in [0, 0.05) is 18.0 Å². The van der Waals surface area contributed by atoms with Gasteiger partial charge in [0.05, 0.1) is 12.5 Å². The minimum Gasteiger partial charge on any atom is -0.481 e. The molecular weight excluding hydrogens is 264 g/mol. The lowest BCUT2D eigenvalue weighted by Gasteiger charge is -2.30. The third-order valence-electron chi connectivity index (χ3n) is 3.26. The molecule has 5 nitrogen and oxygen atoms in total. The molecule has 1 atom stereocenters. The van der Waals surface area contributed by atoms with E-state index in [2.05, 4.69) is 5.32 Å². The molecule has 2 amide bonds. The van der Waals surface area contributed by atoms with Crippen LogP contribution in [0.1, 0.15) is 23.3 Å². The Labute approximate surface area is 116 Å². The average Bonchev–Trinajstić information content (AvgIpc) is 2.82. The summed E-state index contributed by atoms with van der Waals surface area (Å²) in [5, 5.41) is 13.9. The van der Waals surface area contributed by atoms with Crippen LogP contribution in [0.3, 0.4) is 0 Å². The Kier molecular flexibility index (Phi) is 4.42. The van der Waals surface area contributed by atoms with Gasteiger partial charge in [0.15, 0.2) is 0 Å². The number of urea groups is 1. The van der Waals surface area contributed by atoms with Crippen molar-refractivity contribution in [2.45, 2.75) is 26.3 Å². The Balaban J connectivity index is 1.84. The molecule has 0 aromatic carbocycles. The van der Waals surface area contributed by atoms with Crippen LogP contribution in [0.5, 0.6) is 0 Å². The number of nitrogens with zero attached hydrogens (tertiary/aromatic N) is 1. The Hall–Kier alpha value is -1.56. The number of thiophene rings is 1. The first-order chi connectivity index (χ1) is 9.06. The molecule has 1 aliphatic rings. The van der Waals surface area contributed by atoms with E-state index >= 15 is 0 Å². The largest absolute Gasteiger partial charge is 0.481 e. The van der Waals surface area contributed by atoms with Gasteiger partial charge in [-0.3, -0.25) is 4.79 Å². The number of carbonyl (C=O) groups excluding carboxylic acids is 1. The van der Waals surface area contributed by atoms with Crippen LogP contribution in [0.2, 0.25) is 0 Å². The molecule has 1 aromatic rings. The molecular formula is C13H18N2O3S. The third-order valence-corrected chi connectivity index (χ3v) is 4.31. The van der Waals surface area contributed by atoms with Gasteiger partial charge in [0.2, 0.25) is 0 Å². The van der Waals surface area contributed by atoms with Gasteiger partial charge in [0.1, 0.15) is 0 Å². The molecule has 0 radical (unpaired) electrons. The summed E-state index contributed by atoms with van der Waals surface area (Å²) in [7, 11) is 0. The smallest absolute Gasteiger partial charge is 0.317 e. The highest BCUT2D eigenvalue weighted by molar-refractivity contribution is 7.10. The number of nitrogens with one attached hydrogen (secondary N) is 1. The summed E-state index contributed by atoms with van der Waals surface area (Å²) in [5.74, 6) is -1.24. The normalized spacial score (nSPS) is 19.2. The molecule has 1 fully saturated rings. The minimum absolute atomic E-state index is 0.169. The van der Waals surface area contributed by atoms with E-state index < -0.39 is 11.9 Å². The van der Waals surface area contributed by atoms with Crippen LogP contribution < -0.4 is 5.32 Å². The maximum atomic E-state index is 12.0. The van der Waals surface area contributed by atoms with E-state index in [4.69, 9.17) is 5.11 Å². The Morgan fingerprint density at radius 2 is 2.37 bits per heavy atom. The highest BCUT2D eigenvalue weighted by Crippen LogP contribution is 2.17. The van der Waals surface area contributed by atoms with Gasteiger partial charge >= 0.3 is 12.0 Å². The van der Waals surface area contributed by atoms with Crippen molar-refractivity contribution in [3.05, 3.63) is 21.9 Å². The molecule has 1 aromatic heterocycles. The summed E-state index contributed by atoms with van der Waals surface area (Å²) in [6, 6.07) is 1.87. The minimum atomic E-state index is -0.814. The number of carbonyl (C=O) groups is 2. The summed E-state index contributed by atoms with van der Waals surface area (Å²) < 4.78 is 0. The zero-order valence-electron chi connectivity index (χ0n) is 10.9. The molecule has 2 rings (SSSR count). The summed E-state index contributed by atoms with van der Waals surface area (Å²) in [5.41, 5.74) is 1.19. The van der Waals surface area contributed by atoms with Gasteiger partial charge in [0.25, 0.3) is 0 Å². The van der Waals surface area contributed by atoms with Crippen molar-refractivity contribution < 1.29 is 14.7 Å². The number of hydrogen-bond acceptors (Lipinski definition) is 3. The Morgan fingerprint density at radius 1 is 1.58 bits per heavy atom. The van der Waals surface area contributed by atoms with E-state index in [1.807, 2.05) is 18.4 Å². The number of aryl methyl sites for hydroxylation is 1. The van der Waals surface area contributed by atoms with Crippen molar-refractivity contribution >= 4 is 23.3 Å². The van der Waals surface area contributed by atoms with E-state index in [1.165, 1.54) is 5.56 Å². The predicted octanol–water partition coefficient (Wildman–Crippen LogP) is 2.06. The molecule has 1 saturated heterocycles. The topological polar surface area (TPSA) is 69.6 Å². The fourth-order valence-electron chi connectivity index (χ4n) is 2.22. The number of aliphatic carboxylic acids is 1. The number of carboxylic acids is 1. The Morgan fingerprint density at radius 3 is 3.00 bits per heavy atom. The van der Waals surface area contributed by atoms with Gasteiger partial charge in [-0.2, -0.15) is 0 Å². The molecule has 0 aliphatic carbocycles. The van der Waals surface area contributed by atoms with Crippen molar-refractivity contribution in [2.75, 3.05) is 13.1 Å². The highest BCUT2D eigenvalue weighted by atomic mass is 32.1. The summed E-state index contributed by atoms with van der Waals surface area (Å²) >= 11 is 1.62. The van der Waals surface area contributed by atoms with Gasteiger partial charge in [-0.15, -0.1) is 11.3 Å². The molecule has 0 saturated carbocycles. The number of likely N-dealkylation sites (tertiary alicyclic amines) is 1. The quantitative estimate of drug-likeness (QED) is 0.891. The first-order valence-electron chi connectivity index (χ1n) is 6.36. The number of amides is 2. The molecule has 6 heteroatoms. The van der Waals surface area contributed by atoms with Crippen LogP contribution in [0.25, 0.3) is 0 Å². The van der Waals surface area contributed by atoms with Gasteiger partial charge in [-0.25, -0.2) is 4.79 Å². The number of rotatable bonds is 3. The van der Waals surface area contributed by atoms with Gasteiger partial charge < -0.3 is 15.3 Å². The zero-order chi connectivity index (χ0) is 13.8. The monoisotopic (exact) mass is 282 g/mol. The van der Waals surface area contributed by atoms with E-state index in [1.54, 1.807) is 16.2 Å². The molecule has 19 heavy (non-hydrogen) atoms. The van der Waals surface area contributed by atoms with Crippen LogP contribution in [-0.4, -0.2) is 35.1 Å². The molecule has 1 unspecified atom stereocenters. The second-order valence-corrected chi connectivity index (χ2v) is 5.87. The van der Waals surface area contributed by atoms with Gasteiger partial charge in [-0.05, 0) is 36.8 Å². The molecule has 1 aliphatic heterocycles. The fraction of sp³-hybridized carbons (Fsp3) is 0.538. The second kappa shape index (κ2) is 6.06. The van der Waals surface area contributed by atoms with E-state index in [0.717, 1.165) is 11.3 Å². The summed E-state index contributed by atoms with van der Waals surface area (Å²) in [6.45, 7) is 3.47. The number of piperidine rings is 1. The van der Waals surface area contributed by atoms with Crippen LogP contribution in [-0.2, 0) is 11.3 Å². The maximum Gasteiger partial charge on any atom is 0.317 e. The first-order valence-corrected chi connectivity index (χ1v) is 7.24. The highest BCUT2D eigenvalue weighted by Gasteiger charge is 2.27. The average molecular weight is 282 g/mol. The number of carboxylic acid groups (broad SMARTS) is 1. The summed E-state index contributed by atoms with van der Waals surface area (Å²) in [4.78, 5) is 25.6. The zero-order valence-corrected chi connectivity index (χ0v) is 11.7. The Bertz CT molecular complexity index is 472. The van der Waals surface area contributed by atoms with E-state index in [-0.39, 0.29) is 6.03 Å². The third kappa shape index (κ3) is 3.70. The van der Waals surface area contributed by atoms with Crippen molar-refractivity contribution in [3.63, 3.8) is 0 Å². The van der Waals surface area contributed by atoms with Crippen molar-refractivity contribution in [1.29, 1.82) is 0 Å². The molecule has 0 spiro atoms. The van der Waals surface area contributed by atoms with Crippen LogP contribution in [0, 0.1) is 12.8 Å². The van der Waals surface area contributed by atoms with Crippen LogP contribution in [0.15, 0.2) is 11.4 Å². The second-order valence-electron chi connectivity index (χ2n) is 4.87. The van der Waals surface area contributed by atoms with Crippen LogP contribution in [0.4, 0.5) is 4.79 Å². The van der Waals surface area contributed by atoms with Crippen molar-refractivity contribution in [2.24, 2.45) is 5.92 Å². The van der Waals surface area contributed by atoms with Crippen molar-refractivity contribution in [1.82, 2.24) is 10.2 Å². The lowest BCUT2D eigenvalue weighted by molar-refractivity contribution is -0.143. The van der Waals surface area contributed by atoms with Crippen molar-refractivity contribution in [3.8, 4) is 0 Å². The van der Waals surface area contributed by atoms with E-state index in [0.29, 0.717) is 26.1 Å². The molecule has 104 valence electrons. The number of hydrogen-bond donors (Lipinski definition) is 2. The standard InChI is InChI=1S/C13H18N2O3S/c1-9-5-11(19-8-9)6-14-13(18)15-4-2-3-10(7-15)12(16)17/h5,8,10H,2-4,6-7H2,1H3,(H,14,18)(H,16,17). The first kappa shape index (κ1) is 13.9. The SMILES string of the molecule is Cc1csc(CNC(=O)N2CCCC(C(=O)O)C2)c1. The predicted molar refractivity (Wildman–Crippen MR) is 73.2 cm³/mol. The van der Waals surface area contributed by atoms with Crippen LogP contribution >= 0.6 is 11.3 Å².